The average Bonchev–Trinajstić information content (AvgIpc) is 3.13. The van der Waals surface area contributed by atoms with Crippen LogP contribution in [0.15, 0.2) is 18.2 Å². The van der Waals surface area contributed by atoms with Gasteiger partial charge in [0.25, 0.3) is 0 Å². The van der Waals surface area contributed by atoms with Gasteiger partial charge in [0, 0.05) is 29.8 Å². The molecule has 3 heterocycles. The number of fused-ring (bicyclic) bond motifs is 1. The van der Waals surface area contributed by atoms with Gasteiger partial charge in [-0.25, -0.2) is 0 Å². The molecule has 29 heavy (non-hydrogen) atoms. The fraction of sp³-hybridized carbons (Fsp3) is 0.739. The van der Waals surface area contributed by atoms with Gasteiger partial charge >= 0.3 is 0 Å². The monoisotopic (exact) mass is 403 g/mol. The number of benzene rings is 1. The third kappa shape index (κ3) is 2.91. The third-order valence-electron chi connectivity index (χ3n) is 7.60. The lowest BCUT2D eigenvalue weighted by Gasteiger charge is -2.58. The predicted molar refractivity (Wildman–Crippen MR) is 108 cm³/mol. The summed E-state index contributed by atoms with van der Waals surface area (Å²) < 4.78 is 30.1. The summed E-state index contributed by atoms with van der Waals surface area (Å²) in [5.74, 6) is 1.26. The molecule has 0 aromatic heterocycles. The van der Waals surface area contributed by atoms with Crippen molar-refractivity contribution in [2.24, 2.45) is 11.3 Å². The number of methoxy groups -OCH3 is 2. The summed E-state index contributed by atoms with van der Waals surface area (Å²) in [4.78, 5) is 2.50. The van der Waals surface area contributed by atoms with Crippen molar-refractivity contribution in [3.63, 3.8) is 0 Å². The van der Waals surface area contributed by atoms with Crippen LogP contribution in [0.1, 0.15) is 38.7 Å². The van der Waals surface area contributed by atoms with Crippen LogP contribution in [0, 0.1) is 11.3 Å². The maximum absolute atomic E-state index is 6.50. The Morgan fingerprint density at radius 2 is 1.76 bits per heavy atom. The lowest BCUT2D eigenvalue weighted by Crippen LogP contribution is -2.67. The Morgan fingerprint density at radius 3 is 2.48 bits per heavy atom. The van der Waals surface area contributed by atoms with E-state index in [0.29, 0.717) is 19.4 Å². The molecule has 160 valence electrons. The Balaban J connectivity index is 1.53. The molecule has 4 aliphatic rings. The lowest BCUT2D eigenvalue weighted by atomic mass is 9.60. The maximum atomic E-state index is 6.50. The van der Waals surface area contributed by atoms with Gasteiger partial charge in [-0.15, -0.1) is 0 Å². The predicted octanol–water partition coefficient (Wildman–Crippen LogP) is 3.18. The summed E-state index contributed by atoms with van der Waals surface area (Å²) in [5.41, 5.74) is 1.47. The SMILES string of the molecule is COc1ccc(C23CCN4COCC(C42)C2(CC3)OCC(C)(C)CO2)cc1OC. The zero-order valence-corrected chi connectivity index (χ0v) is 18.0. The van der Waals surface area contributed by atoms with Gasteiger partial charge in [-0.1, -0.05) is 19.9 Å². The zero-order valence-electron chi connectivity index (χ0n) is 18.0. The normalized spacial score (nSPS) is 35.3. The van der Waals surface area contributed by atoms with E-state index in [4.69, 9.17) is 23.7 Å². The molecule has 6 heteroatoms. The van der Waals surface area contributed by atoms with Crippen molar-refractivity contribution >= 4 is 0 Å². The minimum absolute atomic E-state index is 0.0635. The Labute approximate surface area is 173 Å². The first-order valence-electron chi connectivity index (χ1n) is 10.8. The van der Waals surface area contributed by atoms with E-state index >= 15 is 0 Å². The van der Waals surface area contributed by atoms with Crippen molar-refractivity contribution in [1.29, 1.82) is 0 Å². The second-order valence-electron chi connectivity index (χ2n) is 9.89. The van der Waals surface area contributed by atoms with Gasteiger partial charge in [0.05, 0.1) is 46.7 Å². The fourth-order valence-corrected chi connectivity index (χ4v) is 6.06. The standard InChI is InChI=1S/C23H33NO5/c1-21(2)13-28-23(29-14-21)8-7-22(9-10-24-15-27-12-17(23)20(22)24)16-5-6-18(25-3)19(11-16)26-4/h5-6,11,17,20H,7-10,12-15H2,1-4H3. The molecule has 0 N–H and O–H groups in total. The van der Waals surface area contributed by atoms with Gasteiger partial charge in [-0.2, -0.15) is 0 Å². The van der Waals surface area contributed by atoms with Gasteiger partial charge in [-0.3, -0.25) is 4.90 Å². The van der Waals surface area contributed by atoms with Crippen molar-refractivity contribution in [2.75, 3.05) is 47.3 Å². The fourth-order valence-electron chi connectivity index (χ4n) is 6.06. The van der Waals surface area contributed by atoms with Crippen molar-refractivity contribution in [3.05, 3.63) is 23.8 Å². The van der Waals surface area contributed by atoms with E-state index in [0.717, 1.165) is 50.5 Å². The molecule has 0 radical (unpaired) electrons. The molecule has 5 rings (SSSR count). The van der Waals surface area contributed by atoms with Crippen molar-refractivity contribution in [2.45, 2.75) is 50.4 Å². The Kier molecular flexibility index (Phi) is 4.63. The molecular formula is C23H33NO5. The molecule has 0 amide bonds. The number of hydrogen-bond acceptors (Lipinski definition) is 6. The largest absolute Gasteiger partial charge is 0.493 e. The lowest BCUT2D eigenvalue weighted by molar-refractivity contribution is -0.355. The average molecular weight is 404 g/mol. The van der Waals surface area contributed by atoms with E-state index in [1.807, 2.05) is 6.07 Å². The first-order chi connectivity index (χ1) is 13.9. The molecule has 3 saturated heterocycles. The second kappa shape index (κ2) is 6.84. The van der Waals surface area contributed by atoms with Crippen LogP contribution < -0.4 is 9.47 Å². The molecule has 1 saturated carbocycles. The smallest absolute Gasteiger partial charge is 0.174 e. The number of nitrogens with zero attached hydrogens (tertiary/aromatic N) is 1. The van der Waals surface area contributed by atoms with E-state index in [9.17, 15) is 0 Å². The summed E-state index contributed by atoms with van der Waals surface area (Å²) in [7, 11) is 3.39. The topological polar surface area (TPSA) is 49.4 Å². The highest BCUT2D eigenvalue weighted by Gasteiger charge is 2.64. The van der Waals surface area contributed by atoms with Crippen LogP contribution in [-0.4, -0.2) is 64.0 Å². The van der Waals surface area contributed by atoms with Gasteiger partial charge < -0.3 is 23.7 Å². The summed E-state index contributed by atoms with van der Waals surface area (Å²) in [6.45, 7) is 8.30. The van der Waals surface area contributed by atoms with Crippen LogP contribution in [0.3, 0.4) is 0 Å². The third-order valence-corrected chi connectivity index (χ3v) is 7.60. The maximum Gasteiger partial charge on any atom is 0.174 e. The summed E-state index contributed by atoms with van der Waals surface area (Å²) >= 11 is 0. The van der Waals surface area contributed by atoms with Gasteiger partial charge in [0.2, 0.25) is 0 Å². The van der Waals surface area contributed by atoms with Crippen LogP contribution in [0.4, 0.5) is 0 Å². The summed E-state index contributed by atoms with van der Waals surface area (Å²) in [5, 5.41) is 0. The van der Waals surface area contributed by atoms with Crippen molar-refractivity contribution in [3.8, 4) is 11.5 Å². The second-order valence-corrected chi connectivity index (χ2v) is 9.89. The first-order valence-corrected chi connectivity index (χ1v) is 10.8. The highest BCUT2D eigenvalue weighted by atomic mass is 16.7. The van der Waals surface area contributed by atoms with Crippen LogP contribution in [0.5, 0.6) is 11.5 Å². The minimum Gasteiger partial charge on any atom is -0.493 e. The van der Waals surface area contributed by atoms with E-state index in [1.165, 1.54) is 5.56 Å². The molecule has 6 nitrogen and oxygen atoms in total. The summed E-state index contributed by atoms with van der Waals surface area (Å²) in [6.07, 6.45) is 3.06. The van der Waals surface area contributed by atoms with Crippen LogP contribution in [0.2, 0.25) is 0 Å². The Bertz CT molecular complexity index is 771. The number of hydrogen-bond donors (Lipinski definition) is 0. The first kappa shape index (κ1) is 19.6. The number of ether oxygens (including phenoxy) is 5. The van der Waals surface area contributed by atoms with Crippen molar-refractivity contribution < 1.29 is 23.7 Å². The molecule has 4 fully saturated rings. The Hall–Kier alpha value is -1.34. The molecule has 1 aromatic rings. The van der Waals surface area contributed by atoms with Crippen LogP contribution >= 0.6 is 0 Å². The van der Waals surface area contributed by atoms with E-state index < -0.39 is 5.79 Å². The molecule has 0 bridgehead atoms. The van der Waals surface area contributed by atoms with Gasteiger partial charge in [0.1, 0.15) is 0 Å². The number of rotatable bonds is 3. The highest BCUT2D eigenvalue weighted by molar-refractivity contribution is 5.47. The molecule has 3 aliphatic heterocycles. The van der Waals surface area contributed by atoms with E-state index in [1.54, 1.807) is 14.2 Å². The molecule has 1 spiro atoms. The minimum atomic E-state index is -0.525. The summed E-state index contributed by atoms with van der Waals surface area (Å²) in [6, 6.07) is 6.80. The van der Waals surface area contributed by atoms with E-state index in [2.05, 4.69) is 30.9 Å². The van der Waals surface area contributed by atoms with Crippen LogP contribution in [-0.2, 0) is 19.6 Å². The van der Waals surface area contributed by atoms with Crippen LogP contribution in [0.25, 0.3) is 0 Å². The van der Waals surface area contributed by atoms with E-state index in [-0.39, 0.29) is 16.7 Å². The molecule has 1 aromatic carbocycles. The molecule has 3 atom stereocenters. The zero-order chi connectivity index (χ0) is 20.3. The highest BCUT2D eigenvalue weighted by Crippen LogP contribution is 2.58. The molecule has 1 aliphatic carbocycles. The van der Waals surface area contributed by atoms with Crippen molar-refractivity contribution in [1.82, 2.24) is 4.90 Å². The molecular weight excluding hydrogens is 370 g/mol. The van der Waals surface area contributed by atoms with Gasteiger partial charge in [-0.05, 0) is 30.5 Å². The Morgan fingerprint density at radius 1 is 1.00 bits per heavy atom. The van der Waals surface area contributed by atoms with Gasteiger partial charge in [0.15, 0.2) is 17.3 Å². The quantitative estimate of drug-likeness (QED) is 0.773. The molecule has 3 unspecified atom stereocenters.